The third kappa shape index (κ3) is 3.42. The molecule has 0 aromatic carbocycles. The molecule has 4 aromatic rings. The van der Waals surface area contributed by atoms with Gasteiger partial charge < -0.3 is 5.32 Å². The van der Waals surface area contributed by atoms with Gasteiger partial charge in [-0.3, -0.25) is 19.3 Å². The summed E-state index contributed by atoms with van der Waals surface area (Å²) in [5, 5.41) is 20.3. The molecule has 2 N–H and O–H groups in total. The van der Waals surface area contributed by atoms with Gasteiger partial charge in [-0.1, -0.05) is 6.07 Å². The van der Waals surface area contributed by atoms with E-state index in [1.165, 1.54) is 0 Å². The Morgan fingerprint density at radius 2 is 2.15 bits per heavy atom. The predicted octanol–water partition coefficient (Wildman–Crippen LogP) is 2.85. The van der Waals surface area contributed by atoms with Gasteiger partial charge >= 0.3 is 0 Å². The van der Waals surface area contributed by atoms with Gasteiger partial charge in [0.15, 0.2) is 5.69 Å². The number of carbonyl (C=O) groups is 1. The molecule has 0 bridgehead atoms. The van der Waals surface area contributed by atoms with E-state index in [1.807, 2.05) is 41.5 Å². The molecule has 0 radical (unpaired) electrons. The Labute approximate surface area is 153 Å². The number of anilines is 1. The fraction of sp³-hybridized carbons (Fsp3) is 0.176. The molecule has 8 nitrogen and oxygen atoms in total. The van der Waals surface area contributed by atoms with E-state index in [0.29, 0.717) is 17.9 Å². The third-order valence-corrected chi connectivity index (χ3v) is 4.75. The summed E-state index contributed by atoms with van der Waals surface area (Å²) in [6.45, 7) is 3.47. The molecule has 132 valence electrons. The zero-order chi connectivity index (χ0) is 17.9. The molecular formula is C17H17N7OS. The summed E-state index contributed by atoms with van der Waals surface area (Å²) in [6.07, 6.45) is 7.21. The van der Waals surface area contributed by atoms with Gasteiger partial charge in [0.25, 0.3) is 5.91 Å². The zero-order valence-electron chi connectivity index (χ0n) is 14.1. The number of carbonyl (C=O) groups excluding carboxylic acids is 1. The number of rotatable bonds is 6. The molecule has 9 heteroatoms. The van der Waals surface area contributed by atoms with Gasteiger partial charge in [-0.25, -0.2) is 0 Å². The van der Waals surface area contributed by atoms with E-state index in [1.54, 1.807) is 34.5 Å². The van der Waals surface area contributed by atoms with Gasteiger partial charge in [0, 0.05) is 24.5 Å². The van der Waals surface area contributed by atoms with Gasteiger partial charge in [0.1, 0.15) is 0 Å². The second-order valence-electron chi connectivity index (χ2n) is 5.73. The van der Waals surface area contributed by atoms with Crippen LogP contribution >= 0.6 is 11.3 Å². The molecule has 26 heavy (non-hydrogen) atoms. The average molecular weight is 367 g/mol. The van der Waals surface area contributed by atoms with Crippen LogP contribution in [0.2, 0.25) is 0 Å². The normalized spacial score (nSPS) is 11.0. The Kier molecular flexibility index (Phi) is 4.36. The highest BCUT2D eigenvalue weighted by atomic mass is 32.1. The molecule has 4 aromatic heterocycles. The maximum absolute atomic E-state index is 12.4. The van der Waals surface area contributed by atoms with Crippen LogP contribution in [0.3, 0.4) is 0 Å². The smallest absolute Gasteiger partial charge is 0.276 e. The highest BCUT2D eigenvalue weighted by molar-refractivity contribution is 7.13. The minimum atomic E-state index is -0.276. The fourth-order valence-electron chi connectivity index (χ4n) is 2.55. The maximum atomic E-state index is 12.4. The summed E-state index contributed by atoms with van der Waals surface area (Å²) in [6, 6.07) is 5.68. The Morgan fingerprint density at radius 3 is 2.92 bits per heavy atom. The largest absolute Gasteiger partial charge is 0.318 e. The van der Waals surface area contributed by atoms with E-state index in [2.05, 4.69) is 25.7 Å². The molecule has 0 spiro atoms. The molecule has 1 amide bonds. The first-order valence-electron chi connectivity index (χ1n) is 8.15. The van der Waals surface area contributed by atoms with Gasteiger partial charge in [0.05, 0.1) is 35.2 Å². The number of nitrogens with one attached hydrogen (secondary N) is 2. The highest BCUT2D eigenvalue weighted by Crippen LogP contribution is 2.23. The van der Waals surface area contributed by atoms with Crippen molar-refractivity contribution in [2.75, 3.05) is 5.32 Å². The van der Waals surface area contributed by atoms with Crippen LogP contribution in [-0.4, -0.2) is 35.7 Å². The lowest BCUT2D eigenvalue weighted by Gasteiger charge is -1.99. The molecule has 0 saturated carbocycles. The van der Waals surface area contributed by atoms with Crippen molar-refractivity contribution in [3.05, 3.63) is 59.6 Å². The van der Waals surface area contributed by atoms with Crippen molar-refractivity contribution in [1.29, 1.82) is 0 Å². The summed E-state index contributed by atoms with van der Waals surface area (Å²) in [4.78, 5) is 13.4. The van der Waals surface area contributed by atoms with Crippen molar-refractivity contribution < 1.29 is 4.79 Å². The van der Waals surface area contributed by atoms with Crippen LogP contribution in [0, 0.1) is 0 Å². The second-order valence-corrected chi connectivity index (χ2v) is 6.68. The van der Waals surface area contributed by atoms with E-state index < -0.39 is 0 Å². The quantitative estimate of drug-likeness (QED) is 0.548. The molecule has 4 heterocycles. The van der Waals surface area contributed by atoms with Crippen LogP contribution in [0.25, 0.3) is 10.6 Å². The summed E-state index contributed by atoms with van der Waals surface area (Å²) >= 11 is 1.59. The van der Waals surface area contributed by atoms with Crippen LogP contribution in [-0.2, 0) is 13.1 Å². The van der Waals surface area contributed by atoms with Crippen LogP contribution in [0.4, 0.5) is 5.69 Å². The minimum absolute atomic E-state index is 0.276. The fourth-order valence-corrected chi connectivity index (χ4v) is 3.25. The molecule has 0 aliphatic heterocycles. The van der Waals surface area contributed by atoms with E-state index in [0.717, 1.165) is 22.7 Å². The molecular weight excluding hydrogens is 350 g/mol. The number of thiophene rings is 1. The number of hydrogen-bond acceptors (Lipinski definition) is 5. The van der Waals surface area contributed by atoms with Crippen LogP contribution < -0.4 is 5.32 Å². The lowest BCUT2D eigenvalue weighted by Crippen LogP contribution is -2.11. The summed E-state index contributed by atoms with van der Waals surface area (Å²) in [7, 11) is 0. The van der Waals surface area contributed by atoms with Gasteiger partial charge in [-0.15, -0.1) is 11.3 Å². The molecule has 4 rings (SSSR count). The Morgan fingerprint density at radius 1 is 1.27 bits per heavy atom. The number of amides is 1. The standard InChI is InChI=1S/C17H17N7OS/c1-2-23-9-12(7-18-23)10-24-11-13(8-19-24)20-17(25)15-6-14(21-22-15)16-4-3-5-26-16/h3-9,11H,2,10H2,1H3,(H,20,25)(H,21,22). The molecule has 0 saturated heterocycles. The predicted molar refractivity (Wildman–Crippen MR) is 99.1 cm³/mol. The topological polar surface area (TPSA) is 93.4 Å². The van der Waals surface area contributed by atoms with Crippen molar-refractivity contribution in [3.8, 4) is 10.6 Å². The van der Waals surface area contributed by atoms with Crippen molar-refractivity contribution in [2.45, 2.75) is 20.0 Å². The zero-order valence-corrected chi connectivity index (χ0v) is 14.9. The number of hydrogen-bond donors (Lipinski definition) is 2. The number of H-pyrrole nitrogens is 1. The lowest BCUT2D eigenvalue weighted by atomic mass is 10.3. The van der Waals surface area contributed by atoms with E-state index >= 15 is 0 Å². The first-order valence-corrected chi connectivity index (χ1v) is 9.03. The Bertz CT molecular complexity index is 1010. The molecule has 0 aliphatic carbocycles. The second kappa shape index (κ2) is 6.96. The van der Waals surface area contributed by atoms with Crippen molar-refractivity contribution >= 4 is 22.9 Å². The van der Waals surface area contributed by atoms with Crippen LogP contribution in [0.1, 0.15) is 23.0 Å². The van der Waals surface area contributed by atoms with Gasteiger partial charge in [-0.05, 0) is 24.4 Å². The summed E-state index contributed by atoms with van der Waals surface area (Å²) in [5.41, 5.74) is 2.85. The van der Waals surface area contributed by atoms with Crippen LogP contribution in [0.15, 0.2) is 48.4 Å². The molecule has 0 aliphatic rings. The molecule has 0 fully saturated rings. The average Bonchev–Trinajstić information content (AvgIpc) is 3.42. The van der Waals surface area contributed by atoms with Crippen molar-refractivity contribution in [1.82, 2.24) is 29.8 Å². The minimum Gasteiger partial charge on any atom is -0.318 e. The third-order valence-electron chi connectivity index (χ3n) is 3.84. The van der Waals surface area contributed by atoms with Crippen molar-refractivity contribution in [2.24, 2.45) is 0 Å². The maximum Gasteiger partial charge on any atom is 0.276 e. The van der Waals surface area contributed by atoms with E-state index in [4.69, 9.17) is 0 Å². The number of aryl methyl sites for hydroxylation is 1. The number of aromatic amines is 1. The summed E-state index contributed by atoms with van der Waals surface area (Å²) < 4.78 is 3.62. The Balaban J connectivity index is 1.41. The van der Waals surface area contributed by atoms with E-state index in [9.17, 15) is 4.79 Å². The monoisotopic (exact) mass is 367 g/mol. The number of aromatic nitrogens is 6. The van der Waals surface area contributed by atoms with Crippen LogP contribution in [0.5, 0.6) is 0 Å². The van der Waals surface area contributed by atoms with Gasteiger partial charge in [-0.2, -0.15) is 15.3 Å². The SMILES string of the molecule is CCn1cc(Cn2cc(NC(=O)c3cc(-c4cccs4)[nH]n3)cn2)cn1. The van der Waals surface area contributed by atoms with E-state index in [-0.39, 0.29) is 5.91 Å². The molecule has 0 atom stereocenters. The Hall–Kier alpha value is -3.20. The first kappa shape index (κ1) is 16.3. The summed E-state index contributed by atoms with van der Waals surface area (Å²) in [5.74, 6) is -0.276. The van der Waals surface area contributed by atoms with Crippen molar-refractivity contribution in [3.63, 3.8) is 0 Å². The molecule has 0 unspecified atom stereocenters. The van der Waals surface area contributed by atoms with Gasteiger partial charge in [0.2, 0.25) is 0 Å². The first-order chi connectivity index (χ1) is 12.7. The lowest BCUT2D eigenvalue weighted by molar-refractivity contribution is 0.102. The highest BCUT2D eigenvalue weighted by Gasteiger charge is 2.13. The number of nitrogens with zero attached hydrogens (tertiary/aromatic N) is 5.